The second-order valence-electron chi connectivity index (χ2n) is 8.98. The summed E-state index contributed by atoms with van der Waals surface area (Å²) >= 11 is 0. The molecule has 0 unspecified atom stereocenters. The van der Waals surface area contributed by atoms with Crippen LogP contribution in [0.4, 0.5) is 0 Å². The number of hydrogen-bond donors (Lipinski definition) is 5. The molecule has 0 bridgehead atoms. The Balaban J connectivity index is 1.77. The summed E-state index contributed by atoms with van der Waals surface area (Å²) in [5, 5.41) is 34.2. The topological polar surface area (TPSA) is 144 Å². The van der Waals surface area contributed by atoms with Crippen LogP contribution in [-0.2, 0) is 0 Å². The number of rotatable bonds is 2. The first-order chi connectivity index (χ1) is 16.4. The van der Waals surface area contributed by atoms with Gasteiger partial charge in [-0.25, -0.2) is 0 Å². The van der Waals surface area contributed by atoms with Crippen LogP contribution < -0.4 is 11.0 Å². The van der Waals surface area contributed by atoms with E-state index in [-0.39, 0.29) is 34.3 Å². The molecule has 5 aromatic rings. The van der Waals surface area contributed by atoms with Crippen molar-refractivity contribution in [1.82, 2.24) is 14.8 Å². The molecule has 3 heterocycles. The number of H-pyrrole nitrogens is 2. The van der Waals surface area contributed by atoms with Crippen molar-refractivity contribution < 1.29 is 19.7 Å². The Kier molecular flexibility index (Phi) is 4.48. The van der Waals surface area contributed by atoms with Crippen molar-refractivity contribution in [2.24, 2.45) is 0 Å². The number of fused-ring (bicyclic) bond motifs is 4. The lowest BCUT2D eigenvalue weighted by atomic mass is 10.0. The van der Waals surface area contributed by atoms with E-state index >= 15 is 0 Å². The van der Waals surface area contributed by atoms with Crippen molar-refractivity contribution in [1.29, 1.82) is 0 Å². The normalized spacial score (nSPS) is 15.4. The number of aromatic amines is 2. The van der Waals surface area contributed by atoms with Crippen LogP contribution in [0.25, 0.3) is 44.2 Å². The summed E-state index contributed by atoms with van der Waals surface area (Å²) in [7, 11) is 0. The number of furan rings is 1. The molecule has 2 aromatic carbocycles. The summed E-state index contributed by atoms with van der Waals surface area (Å²) in [4.78, 5) is 28.7. The van der Waals surface area contributed by atoms with Crippen LogP contribution >= 0.6 is 0 Å². The number of aromatic hydroxyl groups is 3. The number of benzene rings is 2. The zero-order chi connectivity index (χ0) is 23.6. The van der Waals surface area contributed by atoms with E-state index in [9.17, 15) is 24.9 Å². The highest BCUT2D eigenvalue weighted by molar-refractivity contribution is 6.15. The molecule has 34 heavy (non-hydrogen) atoms. The van der Waals surface area contributed by atoms with E-state index in [2.05, 4.69) is 10.1 Å². The lowest BCUT2D eigenvalue weighted by molar-refractivity contribution is 0.404. The number of pyridine rings is 1. The number of phenolic OH excluding ortho intramolecular Hbond substituents is 3. The van der Waals surface area contributed by atoms with Crippen LogP contribution in [0.15, 0.2) is 44.3 Å². The van der Waals surface area contributed by atoms with Crippen molar-refractivity contribution in [2.75, 3.05) is 0 Å². The van der Waals surface area contributed by atoms with Crippen molar-refractivity contribution >= 4 is 33.1 Å². The van der Waals surface area contributed by atoms with Crippen LogP contribution in [0.5, 0.6) is 17.2 Å². The zero-order valence-corrected chi connectivity index (χ0v) is 18.2. The third kappa shape index (κ3) is 2.93. The van der Waals surface area contributed by atoms with E-state index in [1.165, 1.54) is 18.2 Å². The zero-order valence-electron chi connectivity index (χ0n) is 18.2. The number of phenols is 3. The highest BCUT2D eigenvalue weighted by Gasteiger charge is 2.26. The van der Waals surface area contributed by atoms with Gasteiger partial charge in [-0.1, -0.05) is 31.7 Å². The second kappa shape index (κ2) is 7.44. The molecule has 6 rings (SSSR count). The lowest BCUT2D eigenvalue weighted by Crippen LogP contribution is -2.13. The second-order valence-corrected chi connectivity index (χ2v) is 8.98. The van der Waals surface area contributed by atoms with Crippen molar-refractivity contribution in [3.05, 3.63) is 50.9 Å². The largest absolute Gasteiger partial charge is 0.504 e. The number of nitrogens with one attached hydrogen (secondary N) is 2. The van der Waals surface area contributed by atoms with Gasteiger partial charge < -0.3 is 24.7 Å². The molecule has 0 spiro atoms. The van der Waals surface area contributed by atoms with Crippen molar-refractivity contribution in [3.63, 3.8) is 0 Å². The average molecular weight is 461 g/mol. The number of aromatic nitrogens is 3. The Labute approximate surface area is 191 Å². The van der Waals surface area contributed by atoms with Gasteiger partial charge in [0.15, 0.2) is 22.7 Å². The maximum atomic E-state index is 13.3. The van der Waals surface area contributed by atoms with Gasteiger partial charge in [0.1, 0.15) is 5.65 Å². The molecule has 1 saturated carbocycles. The Morgan fingerprint density at radius 1 is 0.912 bits per heavy atom. The van der Waals surface area contributed by atoms with Gasteiger partial charge in [0.2, 0.25) is 11.2 Å². The van der Waals surface area contributed by atoms with Gasteiger partial charge in [-0.3, -0.25) is 19.4 Å². The molecule has 0 aliphatic heterocycles. The summed E-state index contributed by atoms with van der Waals surface area (Å²) in [5.74, 6) is -1.14. The lowest BCUT2D eigenvalue weighted by Gasteiger charge is -2.17. The van der Waals surface area contributed by atoms with Crippen molar-refractivity contribution in [2.45, 2.75) is 44.6 Å². The monoisotopic (exact) mass is 461 g/mol. The molecule has 174 valence electrons. The molecular formula is C25H23N3O6. The minimum absolute atomic E-state index is 0.0214. The fourth-order valence-electron chi connectivity index (χ4n) is 5.21. The van der Waals surface area contributed by atoms with Gasteiger partial charge in [0.25, 0.3) is 5.56 Å². The first-order valence-corrected chi connectivity index (χ1v) is 11.4. The average Bonchev–Trinajstić information content (AvgIpc) is 3.21. The van der Waals surface area contributed by atoms with Gasteiger partial charge in [-0.2, -0.15) is 0 Å². The summed E-state index contributed by atoms with van der Waals surface area (Å²) in [6, 6.07) is 7.24. The van der Waals surface area contributed by atoms with Crippen LogP contribution in [0.2, 0.25) is 0 Å². The molecule has 0 amide bonds. The minimum Gasteiger partial charge on any atom is -0.504 e. The molecule has 5 N–H and O–H groups in total. The number of nitrogens with zero attached hydrogens (tertiary/aromatic N) is 1. The van der Waals surface area contributed by atoms with Gasteiger partial charge >= 0.3 is 0 Å². The summed E-state index contributed by atoms with van der Waals surface area (Å²) < 4.78 is 7.85. The first-order valence-electron chi connectivity index (χ1n) is 11.4. The van der Waals surface area contributed by atoms with Crippen molar-refractivity contribution in [3.8, 4) is 28.4 Å². The standard InChI is InChI=1S/C25H23N3O6/c29-15-9-7-12(11-17(15)31)18-19-24(28(27-25(19)33)13-5-3-1-2-4-6-13)26-20-14-8-10-16(30)21(32)22(14)34-23(18)20/h7-11,13,26,29,31-32H,1-6H2,(H,27,33). The highest BCUT2D eigenvalue weighted by atomic mass is 16.4. The van der Waals surface area contributed by atoms with Gasteiger partial charge in [0.05, 0.1) is 16.9 Å². The fraction of sp³-hybridized carbons (Fsp3) is 0.280. The predicted molar refractivity (Wildman–Crippen MR) is 128 cm³/mol. The third-order valence-electron chi connectivity index (χ3n) is 6.90. The molecule has 1 fully saturated rings. The Morgan fingerprint density at radius 2 is 1.68 bits per heavy atom. The Hall–Kier alpha value is -4.14. The molecule has 9 heteroatoms. The van der Waals surface area contributed by atoms with Crippen LogP contribution in [0, 0.1) is 0 Å². The highest BCUT2D eigenvalue weighted by Crippen LogP contribution is 2.42. The molecule has 0 radical (unpaired) electrons. The maximum absolute atomic E-state index is 13.3. The van der Waals surface area contributed by atoms with Crippen LogP contribution in [0.3, 0.4) is 0 Å². The number of hydrogen-bond acceptors (Lipinski definition) is 6. The Bertz CT molecular complexity index is 1700. The SMILES string of the molecule is O=c1ccc2c(oc3c(-c4ccc(O)c(O)c4)c4c(=O)[nH]n(C5CCCCCC5)c4[nH]c32)c1O. The van der Waals surface area contributed by atoms with Gasteiger partial charge in [-0.15, -0.1) is 0 Å². The molecule has 3 aromatic heterocycles. The van der Waals surface area contributed by atoms with E-state index < -0.39 is 11.2 Å². The maximum Gasteiger partial charge on any atom is 0.274 e. The van der Waals surface area contributed by atoms with Crippen LogP contribution in [-0.4, -0.2) is 30.1 Å². The van der Waals surface area contributed by atoms with Crippen LogP contribution in [0.1, 0.15) is 44.6 Å². The molecular weight excluding hydrogens is 438 g/mol. The molecule has 9 nitrogen and oxygen atoms in total. The quantitative estimate of drug-likeness (QED) is 0.192. The predicted octanol–water partition coefficient (Wildman–Crippen LogP) is 4.60. The first kappa shape index (κ1) is 20.5. The van der Waals surface area contributed by atoms with Gasteiger partial charge in [0, 0.05) is 10.9 Å². The van der Waals surface area contributed by atoms with E-state index in [4.69, 9.17) is 4.42 Å². The minimum atomic E-state index is -0.569. The van der Waals surface area contributed by atoms with E-state index in [1.807, 2.05) is 4.68 Å². The smallest absolute Gasteiger partial charge is 0.274 e. The van der Waals surface area contributed by atoms with E-state index in [0.717, 1.165) is 38.5 Å². The molecule has 0 atom stereocenters. The molecule has 1 aliphatic rings. The summed E-state index contributed by atoms with van der Waals surface area (Å²) in [6.07, 6.45) is 6.34. The Morgan fingerprint density at radius 3 is 2.41 bits per heavy atom. The van der Waals surface area contributed by atoms with E-state index in [1.54, 1.807) is 12.1 Å². The summed E-state index contributed by atoms with van der Waals surface area (Å²) in [6.45, 7) is 0. The van der Waals surface area contributed by atoms with E-state index in [0.29, 0.717) is 33.1 Å². The molecule has 1 aliphatic carbocycles. The van der Waals surface area contributed by atoms with Gasteiger partial charge in [-0.05, 0) is 42.7 Å². The third-order valence-corrected chi connectivity index (χ3v) is 6.90. The molecule has 0 saturated heterocycles. The summed E-state index contributed by atoms with van der Waals surface area (Å²) in [5.41, 5.74) is 1.32. The fourth-order valence-corrected chi connectivity index (χ4v) is 5.21.